The summed E-state index contributed by atoms with van der Waals surface area (Å²) in [6.07, 6.45) is 5.48. The molecule has 1 rings (SSSR count). The average molecular weight is 174 g/mol. The number of hydrogen-bond donors (Lipinski definition) is 1. The first kappa shape index (κ1) is 6.38. The van der Waals surface area contributed by atoms with Gasteiger partial charge in [-0.1, -0.05) is 0 Å². The van der Waals surface area contributed by atoms with Crippen LogP contribution in [0.15, 0.2) is 12.2 Å². The van der Waals surface area contributed by atoms with Crippen LogP contribution < -0.4 is 0 Å². The van der Waals surface area contributed by atoms with Gasteiger partial charge in [-0.05, 0) is 0 Å². The molecule has 0 amide bonds. The second kappa shape index (κ2) is 2.70. The topological polar surface area (TPSA) is 20.2 Å². The van der Waals surface area contributed by atoms with Gasteiger partial charge in [0.2, 0.25) is 0 Å². The summed E-state index contributed by atoms with van der Waals surface area (Å²) in [5.41, 5.74) is 0. The predicted molar refractivity (Wildman–Crippen MR) is 36.6 cm³/mol. The third-order valence-electron chi connectivity index (χ3n) is 1.44. The van der Waals surface area contributed by atoms with Crippen molar-refractivity contribution in [1.82, 2.24) is 0 Å². The number of hydrogen-bond acceptors (Lipinski definition) is 1. The van der Waals surface area contributed by atoms with Crippen LogP contribution in [0.1, 0.15) is 6.42 Å². The summed E-state index contributed by atoms with van der Waals surface area (Å²) in [4.78, 5) is 0. The molecule has 0 heterocycles. The van der Waals surface area contributed by atoms with E-state index < -0.39 is 0 Å². The van der Waals surface area contributed by atoms with Gasteiger partial charge in [0.05, 0.1) is 0 Å². The first-order chi connectivity index (χ1) is 3.83. The molecule has 46 valence electrons. The van der Waals surface area contributed by atoms with Gasteiger partial charge in [0.25, 0.3) is 0 Å². The minimum absolute atomic E-state index is 0.330. The van der Waals surface area contributed by atoms with Crippen LogP contribution in [-0.2, 0) is 0 Å². The van der Waals surface area contributed by atoms with Gasteiger partial charge in [-0.3, -0.25) is 0 Å². The molecule has 2 heteroatoms. The van der Waals surface area contributed by atoms with Crippen molar-refractivity contribution in [3.05, 3.63) is 12.2 Å². The number of aliphatic hydroxyl groups is 1. The molecule has 0 aromatic heterocycles. The van der Waals surface area contributed by atoms with Gasteiger partial charge in [-0.25, -0.2) is 0 Å². The first-order valence-electron chi connectivity index (χ1n) is 2.87. The maximum atomic E-state index is 8.64. The Kier molecular flexibility index (Phi) is 2.15. The van der Waals surface area contributed by atoms with Crippen LogP contribution in [0.3, 0.4) is 0 Å². The molecule has 8 heavy (non-hydrogen) atoms. The third-order valence-corrected chi connectivity index (χ3v) is 2.48. The molecule has 0 aromatic rings. The normalized spacial score (nSPS) is 36.2. The number of aliphatic hydroxyl groups excluding tert-OH is 1. The molecule has 1 unspecified atom stereocenters. The Morgan fingerprint density at radius 2 is 2.38 bits per heavy atom. The second-order valence-corrected chi connectivity index (χ2v) is 4.02. The van der Waals surface area contributed by atoms with Crippen molar-refractivity contribution in [2.75, 3.05) is 6.61 Å². The van der Waals surface area contributed by atoms with E-state index in [1.54, 1.807) is 16.9 Å². The quantitative estimate of drug-likeness (QED) is 0.437. The summed E-state index contributed by atoms with van der Waals surface area (Å²) in [7, 11) is 0. The maximum absolute atomic E-state index is 8.64. The van der Waals surface area contributed by atoms with Crippen molar-refractivity contribution < 1.29 is 5.11 Å². The molecule has 0 fully saturated rings. The van der Waals surface area contributed by atoms with Crippen molar-refractivity contribution in [3.8, 4) is 0 Å². The van der Waals surface area contributed by atoms with E-state index in [9.17, 15) is 0 Å². The summed E-state index contributed by atoms with van der Waals surface area (Å²) >= 11 is 1.76. The molecular weight excluding hydrogens is 163 g/mol. The van der Waals surface area contributed by atoms with Crippen molar-refractivity contribution in [3.63, 3.8) is 0 Å². The van der Waals surface area contributed by atoms with Crippen molar-refractivity contribution in [1.29, 1.82) is 0 Å². The Balaban J connectivity index is 2.34. The van der Waals surface area contributed by atoms with Gasteiger partial charge in [0.1, 0.15) is 0 Å². The fraction of sp³-hybridized carbons (Fsp3) is 0.667. The number of allylic oxidation sites excluding steroid dienone is 1. The fourth-order valence-electron chi connectivity index (χ4n) is 0.942. The van der Waals surface area contributed by atoms with E-state index in [2.05, 4.69) is 12.2 Å². The van der Waals surface area contributed by atoms with Crippen LogP contribution in [0.5, 0.6) is 0 Å². The van der Waals surface area contributed by atoms with E-state index in [0.29, 0.717) is 12.5 Å². The summed E-state index contributed by atoms with van der Waals surface area (Å²) in [5, 5.41) is 8.64. The molecular formula is C6H11AsO. The summed E-state index contributed by atoms with van der Waals surface area (Å²) in [6.45, 7) is 0.330. The van der Waals surface area contributed by atoms with Crippen LogP contribution in [-0.4, -0.2) is 28.6 Å². The molecule has 0 aliphatic heterocycles. The van der Waals surface area contributed by atoms with Gasteiger partial charge in [0, 0.05) is 0 Å². The Morgan fingerprint density at radius 1 is 1.62 bits per heavy atom. The van der Waals surface area contributed by atoms with Gasteiger partial charge in [-0.2, -0.15) is 0 Å². The van der Waals surface area contributed by atoms with Crippen molar-refractivity contribution in [2.24, 2.45) is 5.92 Å². The molecule has 1 nitrogen and oxygen atoms in total. The Labute approximate surface area is 58.3 Å². The SMILES string of the molecule is OC[C@H]1C=C[C@@H]([AsH2])C1. The summed E-state index contributed by atoms with van der Waals surface area (Å²) in [5.74, 6) is 0.465. The molecule has 1 N–H and O–H groups in total. The van der Waals surface area contributed by atoms with Crippen LogP contribution in [0, 0.1) is 5.92 Å². The van der Waals surface area contributed by atoms with E-state index in [4.69, 9.17) is 5.11 Å². The van der Waals surface area contributed by atoms with Crippen LogP contribution >= 0.6 is 0 Å². The zero-order chi connectivity index (χ0) is 5.98. The zero-order valence-corrected chi connectivity index (χ0v) is 7.17. The Bertz CT molecular complexity index is 101. The first-order valence-corrected chi connectivity index (χ1v) is 4.27. The van der Waals surface area contributed by atoms with Crippen LogP contribution in [0.4, 0.5) is 0 Å². The van der Waals surface area contributed by atoms with E-state index in [1.807, 2.05) is 0 Å². The standard InChI is InChI=1S/C6H11AsO/c7-6-2-1-5(3-6)4-8/h1-2,5-6,8H,3-4,7H2/t5-,6+/m0/s1. The molecule has 0 radical (unpaired) electrons. The van der Waals surface area contributed by atoms with Crippen LogP contribution in [0.2, 0.25) is 4.71 Å². The number of rotatable bonds is 1. The minimum atomic E-state index is 0.330. The summed E-state index contributed by atoms with van der Waals surface area (Å²) < 4.78 is 0.750. The second-order valence-electron chi connectivity index (χ2n) is 2.23. The fourth-order valence-corrected chi connectivity index (χ4v) is 1.94. The molecule has 0 aromatic carbocycles. The Hall–Kier alpha value is 0.258. The molecule has 0 bridgehead atoms. The molecule has 1 aliphatic rings. The molecule has 0 saturated carbocycles. The van der Waals surface area contributed by atoms with E-state index in [0.717, 1.165) is 11.1 Å². The Morgan fingerprint density at radius 3 is 2.62 bits per heavy atom. The zero-order valence-electron chi connectivity index (χ0n) is 4.75. The van der Waals surface area contributed by atoms with Crippen molar-refractivity contribution >= 4 is 16.9 Å². The van der Waals surface area contributed by atoms with Crippen LogP contribution in [0.25, 0.3) is 0 Å². The molecule has 3 atom stereocenters. The van der Waals surface area contributed by atoms with Gasteiger partial charge in [-0.15, -0.1) is 0 Å². The summed E-state index contributed by atoms with van der Waals surface area (Å²) in [6, 6.07) is 0. The molecule has 0 saturated heterocycles. The van der Waals surface area contributed by atoms with E-state index >= 15 is 0 Å². The van der Waals surface area contributed by atoms with E-state index in [-0.39, 0.29) is 0 Å². The van der Waals surface area contributed by atoms with Crippen molar-refractivity contribution in [2.45, 2.75) is 11.1 Å². The molecule has 1 aliphatic carbocycles. The van der Waals surface area contributed by atoms with E-state index in [1.165, 1.54) is 0 Å². The van der Waals surface area contributed by atoms with Gasteiger partial charge >= 0.3 is 57.8 Å². The monoisotopic (exact) mass is 174 g/mol. The average Bonchev–Trinajstić information content (AvgIpc) is 2.14. The van der Waals surface area contributed by atoms with Gasteiger partial charge in [0.15, 0.2) is 0 Å². The van der Waals surface area contributed by atoms with Gasteiger partial charge < -0.3 is 0 Å². The predicted octanol–water partition coefficient (Wildman–Crippen LogP) is -0.0236. The molecule has 0 spiro atoms. The third kappa shape index (κ3) is 1.37.